The molecule has 1 fully saturated rings. The number of hydrogen-bond acceptors (Lipinski definition) is 3. The third kappa shape index (κ3) is 2.79. The first-order valence-electron chi connectivity index (χ1n) is 5.63. The highest BCUT2D eigenvalue weighted by Crippen LogP contribution is 2.13. The third-order valence-corrected chi connectivity index (χ3v) is 2.64. The zero-order chi connectivity index (χ0) is 12.4. The van der Waals surface area contributed by atoms with Gasteiger partial charge in [0, 0.05) is 13.1 Å². The fourth-order valence-corrected chi connectivity index (χ4v) is 2.03. The lowest BCUT2D eigenvalue weighted by molar-refractivity contribution is -0.0587. The summed E-state index contributed by atoms with van der Waals surface area (Å²) in [5.74, 6) is -0.878. The fourth-order valence-electron chi connectivity index (χ4n) is 2.03. The zero-order valence-corrected chi connectivity index (χ0v) is 9.89. The van der Waals surface area contributed by atoms with Crippen molar-refractivity contribution in [1.82, 2.24) is 9.88 Å². The van der Waals surface area contributed by atoms with E-state index in [-0.39, 0.29) is 23.8 Å². The van der Waals surface area contributed by atoms with E-state index < -0.39 is 5.95 Å². The molecule has 1 aromatic rings. The van der Waals surface area contributed by atoms with Crippen LogP contribution in [0.2, 0.25) is 0 Å². The van der Waals surface area contributed by atoms with Crippen LogP contribution >= 0.6 is 0 Å². The summed E-state index contributed by atoms with van der Waals surface area (Å²) in [7, 11) is 0. The van der Waals surface area contributed by atoms with Gasteiger partial charge < -0.3 is 9.64 Å². The van der Waals surface area contributed by atoms with E-state index in [1.54, 1.807) is 4.90 Å². The number of aromatic nitrogens is 1. The molecule has 5 heteroatoms. The van der Waals surface area contributed by atoms with E-state index in [9.17, 15) is 9.18 Å². The van der Waals surface area contributed by atoms with Crippen LogP contribution < -0.4 is 0 Å². The number of rotatable bonds is 1. The van der Waals surface area contributed by atoms with Crippen molar-refractivity contribution in [3.8, 4) is 0 Å². The van der Waals surface area contributed by atoms with Gasteiger partial charge in [0.05, 0.1) is 12.2 Å². The van der Waals surface area contributed by atoms with Gasteiger partial charge in [-0.05, 0) is 26.0 Å². The van der Waals surface area contributed by atoms with Crippen molar-refractivity contribution in [3.63, 3.8) is 0 Å². The molecular weight excluding hydrogens is 223 g/mol. The lowest BCUT2D eigenvalue weighted by Crippen LogP contribution is -2.48. The molecule has 1 aliphatic rings. The molecule has 0 N–H and O–H groups in total. The monoisotopic (exact) mass is 238 g/mol. The number of pyridine rings is 1. The minimum Gasteiger partial charge on any atom is -0.372 e. The Morgan fingerprint density at radius 2 is 2.06 bits per heavy atom. The highest BCUT2D eigenvalue weighted by Gasteiger charge is 2.27. The largest absolute Gasteiger partial charge is 0.372 e. The molecule has 1 saturated heterocycles. The van der Waals surface area contributed by atoms with E-state index in [0.29, 0.717) is 13.1 Å². The molecule has 92 valence electrons. The lowest BCUT2D eigenvalue weighted by Gasteiger charge is -2.35. The van der Waals surface area contributed by atoms with Crippen LogP contribution in [-0.4, -0.2) is 41.1 Å². The molecule has 0 unspecified atom stereocenters. The molecule has 0 saturated carbocycles. The van der Waals surface area contributed by atoms with Crippen molar-refractivity contribution in [2.45, 2.75) is 26.1 Å². The van der Waals surface area contributed by atoms with E-state index in [2.05, 4.69) is 4.98 Å². The van der Waals surface area contributed by atoms with Crippen LogP contribution in [0.5, 0.6) is 0 Å². The first kappa shape index (κ1) is 12.0. The minimum atomic E-state index is -0.634. The van der Waals surface area contributed by atoms with Crippen LogP contribution in [-0.2, 0) is 4.74 Å². The average molecular weight is 238 g/mol. The van der Waals surface area contributed by atoms with Crippen molar-refractivity contribution in [2.24, 2.45) is 0 Å². The molecule has 2 atom stereocenters. The Hall–Kier alpha value is -1.49. The van der Waals surface area contributed by atoms with Crippen molar-refractivity contribution in [3.05, 3.63) is 29.8 Å². The summed E-state index contributed by atoms with van der Waals surface area (Å²) < 4.78 is 18.5. The van der Waals surface area contributed by atoms with Gasteiger partial charge in [0.1, 0.15) is 5.69 Å². The van der Waals surface area contributed by atoms with Crippen LogP contribution in [0.4, 0.5) is 4.39 Å². The first-order chi connectivity index (χ1) is 8.06. The summed E-state index contributed by atoms with van der Waals surface area (Å²) in [5, 5.41) is 0. The lowest BCUT2D eigenvalue weighted by atomic mass is 10.2. The maximum atomic E-state index is 12.9. The summed E-state index contributed by atoms with van der Waals surface area (Å²) in [6, 6.07) is 4.24. The van der Waals surface area contributed by atoms with Gasteiger partial charge in [0.2, 0.25) is 5.95 Å². The Bertz CT molecular complexity index is 415. The number of halogens is 1. The van der Waals surface area contributed by atoms with Gasteiger partial charge in [0.15, 0.2) is 0 Å². The minimum absolute atomic E-state index is 0.00346. The third-order valence-electron chi connectivity index (χ3n) is 2.64. The Morgan fingerprint density at radius 1 is 1.41 bits per heavy atom. The van der Waals surface area contributed by atoms with Crippen LogP contribution in [0.15, 0.2) is 18.2 Å². The topological polar surface area (TPSA) is 42.4 Å². The van der Waals surface area contributed by atoms with Gasteiger partial charge in [-0.1, -0.05) is 6.07 Å². The van der Waals surface area contributed by atoms with Gasteiger partial charge in [-0.3, -0.25) is 4.79 Å². The van der Waals surface area contributed by atoms with E-state index in [1.807, 2.05) is 13.8 Å². The highest BCUT2D eigenvalue weighted by atomic mass is 19.1. The quantitative estimate of drug-likeness (QED) is 0.696. The van der Waals surface area contributed by atoms with Gasteiger partial charge in [0.25, 0.3) is 5.91 Å². The van der Waals surface area contributed by atoms with Crippen molar-refractivity contribution in [2.75, 3.05) is 13.1 Å². The van der Waals surface area contributed by atoms with Crippen LogP contribution in [0.1, 0.15) is 24.3 Å². The summed E-state index contributed by atoms with van der Waals surface area (Å²) in [6.07, 6.45) is -0.00693. The number of carbonyl (C=O) groups excluding carboxylic acids is 1. The highest BCUT2D eigenvalue weighted by molar-refractivity contribution is 5.92. The molecule has 1 aromatic heterocycles. The molecule has 0 aromatic carbocycles. The fraction of sp³-hybridized carbons (Fsp3) is 0.500. The van der Waals surface area contributed by atoms with Crippen LogP contribution in [0.25, 0.3) is 0 Å². The van der Waals surface area contributed by atoms with Gasteiger partial charge >= 0.3 is 0 Å². The van der Waals surface area contributed by atoms with Crippen LogP contribution in [0.3, 0.4) is 0 Å². The summed E-state index contributed by atoms with van der Waals surface area (Å²) in [5.41, 5.74) is 0.145. The summed E-state index contributed by atoms with van der Waals surface area (Å²) in [6.45, 7) is 4.85. The Balaban J connectivity index is 2.14. The molecule has 0 radical (unpaired) electrons. The predicted molar refractivity (Wildman–Crippen MR) is 60.1 cm³/mol. The maximum Gasteiger partial charge on any atom is 0.272 e. The average Bonchev–Trinajstić information content (AvgIpc) is 2.26. The zero-order valence-electron chi connectivity index (χ0n) is 9.89. The van der Waals surface area contributed by atoms with E-state index in [0.717, 1.165) is 0 Å². The molecule has 17 heavy (non-hydrogen) atoms. The molecule has 0 spiro atoms. The number of carbonyl (C=O) groups is 1. The molecular formula is C12H15FN2O2. The molecule has 2 heterocycles. The van der Waals surface area contributed by atoms with E-state index >= 15 is 0 Å². The van der Waals surface area contributed by atoms with Crippen LogP contribution in [0, 0.1) is 5.95 Å². The Labute approximate surface area is 99.4 Å². The van der Waals surface area contributed by atoms with Gasteiger partial charge in [-0.15, -0.1) is 0 Å². The Kier molecular flexibility index (Phi) is 3.38. The smallest absolute Gasteiger partial charge is 0.272 e. The summed E-state index contributed by atoms with van der Waals surface area (Å²) >= 11 is 0. The molecule has 0 aliphatic carbocycles. The second kappa shape index (κ2) is 4.79. The molecule has 1 amide bonds. The predicted octanol–water partition coefficient (Wildman–Crippen LogP) is 1.47. The van der Waals surface area contributed by atoms with E-state index in [1.165, 1.54) is 18.2 Å². The number of hydrogen-bond donors (Lipinski definition) is 0. The standard InChI is InChI=1S/C12H15FN2O2/c1-8-6-15(7-9(2)17-8)12(16)10-4-3-5-11(13)14-10/h3-5,8-9H,6-7H2,1-2H3/t8-,9+. The number of amides is 1. The number of ether oxygens (including phenoxy) is 1. The Morgan fingerprint density at radius 3 is 2.65 bits per heavy atom. The molecule has 4 nitrogen and oxygen atoms in total. The van der Waals surface area contributed by atoms with Crippen molar-refractivity contribution < 1.29 is 13.9 Å². The molecule has 2 rings (SSSR count). The van der Waals surface area contributed by atoms with Crippen molar-refractivity contribution >= 4 is 5.91 Å². The number of morpholine rings is 1. The summed E-state index contributed by atoms with van der Waals surface area (Å²) in [4.78, 5) is 17.3. The second-order valence-electron chi connectivity index (χ2n) is 4.31. The second-order valence-corrected chi connectivity index (χ2v) is 4.31. The van der Waals surface area contributed by atoms with Crippen molar-refractivity contribution in [1.29, 1.82) is 0 Å². The molecule has 0 bridgehead atoms. The SMILES string of the molecule is C[C@@H]1CN(C(=O)c2cccc(F)n2)C[C@H](C)O1. The van der Waals surface area contributed by atoms with E-state index in [4.69, 9.17) is 4.74 Å². The van der Waals surface area contributed by atoms with Gasteiger partial charge in [-0.25, -0.2) is 4.98 Å². The number of nitrogens with zero attached hydrogens (tertiary/aromatic N) is 2. The molecule has 1 aliphatic heterocycles. The first-order valence-corrected chi connectivity index (χ1v) is 5.63. The normalized spacial score (nSPS) is 24.8. The maximum absolute atomic E-state index is 12.9. The van der Waals surface area contributed by atoms with Gasteiger partial charge in [-0.2, -0.15) is 4.39 Å².